The lowest BCUT2D eigenvalue weighted by Crippen LogP contribution is -2.11. The van der Waals surface area contributed by atoms with Crippen molar-refractivity contribution in [1.29, 1.82) is 0 Å². The third-order valence-corrected chi connectivity index (χ3v) is 3.85. The summed E-state index contributed by atoms with van der Waals surface area (Å²) in [5.74, 6) is 0.351. The zero-order valence-electron chi connectivity index (χ0n) is 5.21. The van der Waals surface area contributed by atoms with Crippen LogP contribution in [0.15, 0.2) is 12.7 Å². The molecule has 1 aliphatic heterocycles. The van der Waals surface area contributed by atoms with Crippen LogP contribution in [0.25, 0.3) is 0 Å². The van der Waals surface area contributed by atoms with Gasteiger partial charge in [-0.2, -0.15) is 0 Å². The molecule has 0 aliphatic carbocycles. The van der Waals surface area contributed by atoms with Gasteiger partial charge in [-0.15, -0.1) is 6.58 Å². The van der Waals surface area contributed by atoms with Gasteiger partial charge < -0.3 is 0 Å². The Labute approximate surface area is 55.5 Å². The minimum Gasteiger partial charge on any atom is -0.228 e. The van der Waals surface area contributed by atoms with Crippen molar-refractivity contribution in [3.8, 4) is 0 Å². The minimum atomic E-state index is -2.76. The smallest absolute Gasteiger partial charge is 0.156 e. The van der Waals surface area contributed by atoms with Crippen molar-refractivity contribution in [3.63, 3.8) is 0 Å². The second-order valence-corrected chi connectivity index (χ2v) is 4.62. The Morgan fingerprint density at radius 1 is 1.56 bits per heavy atom. The maximum atomic E-state index is 10.9. The van der Waals surface area contributed by atoms with Gasteiger partial charge in [0.15, 0.2) is 9.84 Å². The summed E-state index contributed by atoms with van der Waals surface area (Å²) in [6.45, 7) is 3.46. The van der Waals surface area contributed by atoms with E-state index in [1.807, 2.05) is 0 Å². The van der Waals surface area contributed by atoms with E-state index < -0.39 is 9.84 Å². The summed E-state index contributed by atoms with van der Waals surface area (Å²) in [6, 6.07) is 0. The first-order valence-electron chi connectivity index (χ1n) is 3.01. The highest BCUT2D eigenvalue weighted by Gasteiger charge is 2.27. The summed E-state index contributed by atoms with van der Waals surface area (Å²) in [4.78, 5) is 0. The van der Waals surface area contributed by atoms with Gasteiger partial charge in [-0.1, -0.05) is 6.08 Å². The molecule has 52 valence electrons. The van der Waals surface area contributed by atoms with Crippen LogP contribution >= 0.6 is 0 Å². The molecule has 0 bridgehead atoms. The Hall–Kier alpha value is -0.310. The second kappa shape index (κ2) is 2.14. The van der Waals surface area contributed by atoms with E-state index in [2.05, 4.69) is 6.58 Å². The highest BCUT2D eigenvalue weighted by molar-refractivity contribution is 7.92. The molecule has 1 fully saturated rings. The SMILES string of the molecule is C=CC1CCCS1(=O)=O. The summed E-state index contributed by atoms with van der Waals surface area (Å²) in [5.41, 5.74) is 0. The van der Waals surface area contributed by atoms with Gasteiger partial charge in [-0.3, -0.25) is 0 Å². The highest BCUT2D eigenvalue weighted by Crippen LogP contribution is 2.19. The normalized spacial score (nSPS) is 32.2. The van der Waals surface area contributed by atoms with E-state index >= 15 is 0 Å². The Balaban J connectivity index is 2.87. The fraction of sp³-hybridized carbons (Fsp3) is 0.667. The molecule has 0 radical (unpaired) electrons. The minimum absolute atomic E-state index is 0.252. The first-order valence-corrected chi connectivity index (χ1v) is 4.72. The average molecular weight is 146 g/mol. The van der Waals surface area contributed by atoms with Gasteiger partial charge in [0.2, 0.25) is 0 Å². The van der Waals surface area contributed by atoms with E-state index in [1.54, 1.807) is 0 Å². The lowest BCUT2D eigenvalue weighted by molar-refractivity contribution is 0.597. The zero-order chi connectivity index (χ0) is 6.91. The molecule has 0 aromatic rings. The van der Waals surface area contributed by atoms with Gasteiger partial charge in [0.05, 0.1) is 11.0 Å². The number of sulfone groups is 1. The maximum absolute atomic E-state index is 10.9. The summed E-state index contributed by atoms with van der Waals surface area (Å²) in [6.07, 6.45) is 3.10. The summed E-state index contributed by atoms with van der Waals surface area (Å²) < 4.78 is 21.8. The van der Waals surface area contributed by atoms with Crippen molar-refractivity contribution >= 4 is 9.84 Å². The van der Waals surface area contributed by atoms with Gasteiger partial charge in [0.1, 0.15) is 0 Å². The van der Waals surface area contributed by atoms with E-state index in [9.17, 15) is 8.42 Å². The van der Waals surface area contributed by atoms with Crippen molar-refractivity contribution in [3.05, 3.63) is 12.7 Å². The van der Waals surface area contributed by atoms with Gasteiger partial charge in [-0.05, 0) is 12.8 Å². The second-order valence-electron chi connectivity index (χ2n) is 2.28. The molecule has 9 heavy (non-hydrogen) atoms. The van der Waals surface area contributed by atoms with Gasteiger partial charge in [0.25, 0.3) is 0 Å². The van der Waals surface area contributed by atoms with Crippen LogP contribution in [0.4, 0.5) is 0 Å². The van der Waals surface area contributed by atoms with Crippen LogP contribution in [0.1, 0.15) is 12.8 Å². The predicted octanol–water partition coefficient (Wildman–Crippen LogP) is 0.750. The molecule has 1 heterocycles. The van der Waals surface area contributed by atoms with Gasteiger partial charge in [-0.25, -0.2) is 8.42 Å². The fourth-order valence-electron chi connectivity index (χ4n) is 1.08. The number of rotatable bonds is 1. The predicted molar refractivity (Wildman–Crippen MR) is 37.0 cm³/mol. The van der Waals surface area contributed by atoms with E-state index in [4.69, 9.17) is 0 Å². The van der Waals surface area contributed by atoms with Crippen molar-refractivity contribution in [2.45, 2.75) is 18.1 Å². The zero-order valence-corrected chi connectivity index (χ0v) is 6.02. The molecule has 1 atom stereocenters. The topological polar surface area (TPSA) is 34.1 Å². The van der Waals surface area contributed by atoms with Crippen molar-refractivity contribution < 1.29 is 8.42 Å². The van der Waals surface area contributed by atoms with Crippen LogP contribution in [0.2, 0.25) is 0 Å². The Bertz CT molecular complexity index is 203. The fourth-order valence-corrected chi connectivity index (χ4v) is 2.77. The van der Waals surface area contributed by atoms with E-state index in [0.717, 1.165) is 12.8 Å². The van der Waals surface area contributed by atoms with E-state index in [1.165, 1.54) is 6.08 Å². The monoisotopic (exact) mass is 146 g/mol. The lowest BCUT2D eigenvalue weighted by atomic mass is 10.2. The van der Waals surface area contributed by atoms with Crippen LogP contribution in [0, 0.1) is 0 Å². The Morgan fingerprint density at radius 2 is 2.22 bits per heavy atom. The summed E-state index contributed by atoms with van der Waals surface area (Å²) >= 11 is 0. The molecule has 1 saturated heterocycles. The van der Waals surface area contributed by atoms with Crippen molar-refractivity contribution in [2.24, 2.45) is 0 Å². The Morgan fingerprint density at radius 3 is 2.44 bits per heavy atom. The first-order chi connectivity index (χ1) is 4.17. The standard InChI is InChI=1S/C6H10O2S/c1-2-6-4-3-5-9(6,7)8/h2,6H,1,3-5H2. The van der Waals surface area contributed by atoms with Crippen LogP contribution in [0.5, 0.6) is 0 Å². The highest BCUT2D eigenvalue weighted by atomic mass is 32.2. The first kappa shape index (κ1) is 6.81. The third-order valence-electron chi connectivity index (χ3n) is 1.64. The number of hydrogen-bond acceptors (Lipinski definition) is 2. The van der Waals surface area contributed by atoms with Crippen LogP contribution in [0.3, 0.4) is 0 Å². The molecule has 2 nitrogen and oxygen atoms in total. The third kappa shape index (κ3) is 1.15. The van der Waals surface area contributed by atoms with Crippen molar-refractivity contribution in [2.75, 3.05) is 5.75 Å². The van der Waals surface area contributed by atoms with E-state index in [-0.39, 0.29) is 5.25 Å². The molecular weight excluding hydrogens is 136 g/mol. The van der Waals surface area contributed by atoms with Gasteiger partial charge >= 0.3 is 0 Å². The molecule has 1 unspecified atom stereocenters. The molecule has 0 aromatic carbocycles. The van der Waals surface area contributed by atoms with Crippen molar-refractivity contribution in [1.82, 2.24) is 0 Å². The number of hydrogen-bond donors (Lipinski definition) is 0. The molecular formula is C6H10O2S. The molecule has 1 rings (SSSR count). The molecule has 0 spiro atoms. The molecule has 0 amide bonds. The quantitative estimate of drug-likeness (QED) is 0.511. The van der Waals surface area contributed by atoms with E-state index in [0.29, 0.717) is 5.75 Å². The molecule has 3 heteroatoms. The van der Waals surface area contributed by atoms with Gasteiger partial charge in [0, 0.05) is 0 Å². The Kier molecular flexibility index (Phi) is 1.62. The molecule has 1 aliphatic rings. The summed E-state index contributed by atoms with van der Waals surface area (Å²) in [5, 5.41) is -0.252. The summed E-state index contributed by atoms with van der Waals surface area (Å²) in [7, 11) is -2.76. The molecule has 0 saturated carbocycles. The van der Waals surface area contributed by atoms with Crippen LogP contribution in [-0.4, -0.2) is 19.4 Å². The van der Waals surface area contributed by atoms with Crippen LogP contribution < -0.4 is 0 Å². The average Bonchev–Trinajstić information content (AvgIpc) is 2.08. The maximum Gasteiger partial charge on any atom is 0.156 e. The largest absolute Gasteiger partial charge is 0.228 e. The lowest BCUT2D eigenvalue weighted by Gasteiger charge is -1.98. The van der Waals surface area contributed by atoms with Crippen LogP contribution in [-0.2, 0) is 9.84 Å². The molecule has 0 N–H and O–H groups in total. The molecule has 0 aromatic heterocycles.